The normalized spacial score (nSPS) is 15.3. The molecule has 20 heavy (non-hydrogen) atoms. The molecule has 1 heterocycles. The highest BCUT2D eigenvalue weighted by atomic mass is 19.1. The number of ether oxygens (including phenoxy) is 1. The van der Waals surface area contributed by atoms with Crippen molar-refractivity contribution in [2.45, 2.75) is 0 Å². The third kappa shape index (κ3) is 3.33. The summed E-state index contributed by atoms with van der Waals surface area (Å²) in [5, 5.41) is 0. The van der Waals surface area contributed by atoms with Gasteiger partial charge < -0.3 is 14.5 Å². The summed E-state index contributed by atoms with van der Waals surface area (Å²) < 4.78 is 17.6. The van der Waals surface area contributed by atoms with Crippen LogP contribution < -0.4 is 0 Å². The van der Waals surface area contributed by atoms with Gasteiger partial charge in [0.05, 0.1) is 0 Å². The van der Waals surface area contributed by atoms with E-state index in [1.807, 2.05) is 0 Å². The van der Waals surface area contributed by atoms with Crippen molar-refractivity contribution in [2.75, 3.05) is 39.9 Å². The van der Waals surface area contributed by atoms with Gasteiger partial charge in [-0.3, -0.25) is 9.59 Å². The Balaban J connectivity index is 1.92. The van der Waals surface area contributed by atoms with Crippen molar-refractivity contribution in [2.24, 2.45) is 0 Å². The Bertz CT molecular complexity index is 482. The zero-order valence-electron chi connectivity index (χ0n) is 11.3. The summed E-state index contributed by atoms with van der Waals surface area (Å²) in [4.78, 5) is 27.2. The van der Waals surface area contributed by atoms with Gasteiger partial charge in [0, 0.05) is 38.9 Å². The quantitative estimate of drug-likeness (QED) is 0.821. The number of nitrogens with zero attached hydrogens (tertiary/aromatic N) is 2. The van der Waals surface area contributed by atoms with Crippen molar-refractivity contribution in [3.63, 3.8) is 0 Å². The summed E-state index contributed by atoms with van der Waals surface area (Å²) in [7, 11) is 1.48. The predicted octanol–water partition coefficient (Wildman–Crippen LogP) is 0.756. The molecule has 1 fully saturated rings. The Kier molecular flexibility index (Phi) is 4.68. The summed E-state index contributed by atoms with van der Waals surface area (Å²) in [5.41, 5.74) is 0.461. The van der Waals surface area contributed by atoms with Crippen molar-refractivity contribution < 1.29 is 18.7 Å². The summed E-state index contributed by atoms with van der Waals surface area (Å²) in [5.74, 6) is -0.568. The molecular formula is C14H17FN2O3. The number of hydrogen-bond donors (Lipinski definition) is 0. The predicted molar refractivity (Wildman–Crippen MR) is 70.8 cm³/mol. The van der Waals surface area contributed by atoms with E-state index >= 15 is 0 Å². The Hall–Kier alpha value is -1.95. The summed E-state index contributed by atoms with van der Waals surface area (Å²) in [6, 6.07) is 5.48. The van der Waals surface area contributed by atoms with Gasteiger partial charge in [-0.05, 0) is 24.3 Å². The maximum Gasteiger partial charge on any atom is 0.253 e. The zero-order valence-corrected chi connectivity index (χ0v) is 11.3. The first kappa shape index (κ1) is 14.5. The molecule has 1 aromatic rings. The molecule has 1 aliphatic heterocycles. The van der Waals surface area contributed by atoms with Crippen LogP contribution in [0.25, 0.3) is 0 Å². The van der Waals surface area contributed by atoms with Crippen molar-refractivity contribution >= 4 is 11.8 Å². The van der Waals surface area contributed by atoms with Gasteiger partial charge in [-0.2, -0.15) is 0 Å². The lowest BCUT2D eigenvalue weighted by molar-refractivity contribution is -0.136. The van der Waals surface area contributed by atoms with Crippen LogP contribution in [0, 0.1) is 5.82 Å². The number of carbonyl (C=O) groups is 2. The van der Waals surface area contributed by atoms with Crippen molar-refractivity contribution in [3.8, 4) is 0 Å². The first-order valence-electron chi connectivity index (χ1n) is 6.43. The van der Waals surface area contributed by atoms with Crippen molar-refractivity contribution in [1.29, 1.82) is 0 Å². The van der Waals surface area contributed by atoms with E-state index < -0.39 is 0 Å². The fraction of sp³-hybridized carbons (Fsp3) is 0.429. The number of piperazine rings is 1. The molecule has 0 atom stereocenters. The standard InChI is InChI=1S/C14H17FN2O3/c1-20-10-13(18)16-6-8-17(9-7-16)14(19)11-2-4-12(15)5-3-11/h2-5H,6-10H2,1H3. The van der Waals surface area contributed by atoms with Gasteiger partial charge in [-0.1, -0.05) is 0 Å². The minimum atomic E-state index is -0.364. The SMILES string of the molecule is COCC(=O)N1CCN(C(=O)c2ccc(F)cc2)CC1. The molecule has 0 N–H and O–H groups in total. The first-order valence-corrected chi connectivity index (χ1v) is 6.43. The number of benzene rings is 1. The molecule has 1 aromatic carbocycles. The largest absolute Gasteiger partial charge is 0.375 e. The second-order valence-electron chi connectivity index (χ2n) is 4.61. The first-order chi connectivity index (χ1) is 9.61. The van der Waals surface area contributed by atoms with Gasteiger partial charge in [0.2, 0.25) is 5.91 Å². The van der Waals surface area contributed by atoms with Crippen LogP contribution >= 0.6 is 0 Å². The van der Waals surface area contributed by atoms with Crippen molar-refractivity contribution in [3.05, 3.63) is 35.6 Å². The Morgan fingerprint density at radius 2 is 1.65 bits per heavy atom. The smallest absolute Gasteiger partial charge is 0.253 e. The molecule has 108 valence electrons. The van der Waals surface area contributed by atoms with Gasteiger partial charge in [-0.15, -0.1) is 0 Å². The lowest BCUT2D eigenvalue weighted by Gasteiger charge is -2.34. The third-order valence-electron chi connectivity index (χ3n) is 3.28. The molecule has 1 saturated heterocycles. The van der Waals surface area contributed by atoms with E-state index in [0.29, 0.717) is 31.7 Å². The summed E-state index contributed by atoms with van der Waals surface area (Å²) >= 11 is 0. The molecule has 5 nitrogen and oxygen atoms in total. The maximum absolute atomic E-state index is 12.8. The van der Waals surface area contributed by atoms with Gasteiger partial charge in [0.1, 0.15) is 12.4 Å². The lowest BCUT2D eigenvalue weighted by atomic mass is 10.2. The Labute approximate surface area is 116 Å². The van der Waals surface area contributed by atoms with E-state index in [1.54, 1.807) is 9.80 Å². The van der Waals surface area contributed by atoms with Crippen LogP contribution in [-0.4, -0.2) is 61.5 Å². The number of hydrogen-bond acceptors (Lipinski definition) is 3. The van der Waals surface area contributed by atoms with Crippen LogP contribution in [-0.2, 0) is 9.53 Å². The van der Waals surface area contributed by atoms with Gasteiger partial charge in [0.15, 0.2) is 0 Å². The van der Waals surface area contributed by atoms with Crippen molar-refractivity contribution in [1.82, 2.24) is 9.80 Å². The van der Waals surface area contributed by atoms with E-state index in [-0.39, 0.29) is 24.2 Å². The fourth-order valence-electron chi connectivity index (χ4n) is 2.15. The van der Waals surface area contributed by atoms with E-state index in [2.05, 4.69) is 0 Å². The second-order valence-corrected chi connectivity index (χ2v) is 4.61. The highest BCUT2D eigenvalue weighted by Gasteiger charge is 2.24. The zero-order chi connectivity index (χ0) is 14.5. The average Bonchev–Trinajstić information content (AvgIpc) is 2.48. The highest BCUT2D eigenvalue weighted by molar-refractivity contribution is 5.94. The molecule has 0 radical (unpaired) electrons. The van der Waals surface area contributed by atoms with Gasteiger partial charge in [0.25, 0.3) is 5.91 Å². The number of amides is 2. The molecular weight excluding hydrogens is 263 g/mol. The number of halogens is 1. The molecule has 6 heteroatoms. The molecule has 0 unspecified atom stereocenters. The van der Waals surface area contributed by atoms with Gasteiger partial charge >= 0.3 is 0 Å². The van der Waals surface area contributed by atoms with Crippen LogP contribution in [0.4, 0.5) is 4.39 Å². The van der Waals surface area contributed by atoms with Crippen LogP contribution in [0.3, 0.4) is 0 Å². The molecule has 0 saturated carbocycles. The molecule has 0 aromatic heterocycles. The molecule has 0 aliphatic carbocycles. The Morgan fingerprint density at radius 3 is 2.20 bits per heavy atom. The molecule has 0 spiro atoms. The topological polar surface area (TPSA) is 49.9 Å². The second kappa shape index (κ2) is 6.47. The average molecular weight is 280 g/mol. The molecule has 2 amide bonds. The number of rotatable bonds is 3. The Morgan fingerprint density at radius 1 is 1.10 bits per heavy atom. The number of methoxy groups -OCH3 is 1. The monoisotopic (exact) mass is 280 g/mol. The van der Waals surface area contributed by atoms with E-state index in [4.69, 9.17) is 4.74 Å². The maximum atomic E-state index is 12.8. The summed E-state index contributed by atoms with van der Waals surface area (Å²) in [6.45, 7) is 2.01. The van der Waals surface area contributed by atoms with Crippen LogP contribution in [0.5, 0.6) is 0 Å². The van der Waals surface area contributed by atoms with Crippen LogP contribution in [0.15, 0.2) is 24.3 Å². The lowest BCUT2D eigenvalue weighted by Crippen LogP contribution is -2.51. The fourth-order valence-corrected chi connectivity index (χ4v) is 2.15. The third-order valence-corrected chi connectivity index (χ3v) is 3.28. The van der Waals surface area contributed by atoms with Crippen LogP contribution in [0.1, 0.15) is 10.4 Å². The number of carbonyl (C=O) groups excluding carboxylic acids is 2. The van der Waals surface area contributed by atoms with E-state index in [1.165, 1.54) is 31.4 Å². The minimum Gasteiger partial charge on any atom is -0.375 e. The van der Waals surface area contributed by atoms with E-state index in [9.17, 15) is 14.0 Å². The summed E-state index contributed by atoms with van der Waals surface area (Å²) in [6.07, 6.45) is 0. The van der Waals surface area contributed by atoms with Crippen LogP contribution in [0.2, 0.25) is 0 Å². The molecule has 0 bridgehead atoms. The minimum absolute atomic E-state index is 0.0614. The molecule has 2 rings (SSSR count). The van der Waals surface area contributed by atoms with E-state index in [0.717, 1.165) is 0 Å². The highest BCUT2D eigenvalue weighted by Crippen LogP contribution is 2.10. The molecule has 1 aliphatic rings. The van der Waals surface area contributed by atoms with Gasteiger partial charge in [-0.25, -0.2) is 4.39 Å².